The molecular formula is C57H60O. The molecule has 10 rings (SSSR count). The minimum absolute atomic E-state index is 0.350. The largest absolute Gasteiger partial charge is 0.507 e. The van der Waals surface area contributed by atoms with Gasteiger partial charge in [-0.1, -0.05) is 237 Å². The van der Waals surface area contributed by atoms with Crippen LogP contribution in [0, 0.1) is 0 Å². The molecule has 58 heavy (non-hydrogen) atoms. The Hall–Kier alpha value is -6.18. The minimum Gasteiger partial charge on any atom is -0.507 e. The molecule has 0 saturated carbocycles. The number of rotatable bonds is 2. The van der Waals surface area contributed by atoms with Crippen LogP contribution < -0.4 is 0 Å². The van der Waals surface area contributed by atoms with E-state index in [4.69, 9.17) is 0 Å². The highest BCUT2D eigenvalue weighted by molar-refractivity contribution is 6.13. The van der Waals surface area contributed by atoms with Crippen LogP contribution in [0.5, 0.6) is 5.75 Å². The number of hydrogen-bond donors (Lipinski definition) is 1. The Kier molecular flexibility index (Phi) is 15.8. The summed E-state index contributed by atoms with van der Waals surface area (Å²) in [5.41, 5.74) is 5.79. The monoisotopic (exact) mass is 760 g/mol. The number of aromatic hydroxyl groups is 1. The quantitative estimate of drug-likeness (QED) is 0.174. The van der Waals surface area contributed by atoms with E-state index in [1.54, 1.807) is 6.07 Å². The Morgan fingerprint density at radius 3 is 1.17 bits per heavy atom. The molecule has 294 valence electrons. The second-order valence-corrected chi connectivity index (χ2v) is 14.5. The zero-order valence-electron chi connectivity index (χ0n) is 35.7. The minimum atomic E-state index is 0.350. The molecule has 0 bridgehead atoms. The molecule has 1 heteroatoms. The standard InChI is InChI=1S/C17H12.2C13H14.C10H8O.2C2H6/c1-3-8-14-12(6-1)13-7-2-4-9-15(13)17-11-5-10-16(14)17;2*1-10(2)12-9-5-7-11-6-3-4-8-13(11)12;11-10-7-3-5-8-4-1-2-6-9(8)10;2*1-2/h1-10H,11H2;2*3-10H,1-2H3;1-7,11H;2*1-2H3. The molecule has 0 unspecified atom stereocenters. The number of phenols is 1. The molecule has 0 aliphatic heterocycles. The number of phenolic OH excluding ortho intramolecular Hbond substituents is 1. The topological polar surface area (TPSA) is 20.2 Å². The van der Waals surface area contributed by atoms with E-state index >= 15 is 0 Å². The predicted octanol–water partition coefficient (Wildman–Crippen LogP) is 17.1. The second-order valence-electron chi connectivity index (χ2n) is 14.5. The Balaban J connectivity index is 0.000000145. The summed E-state index contributed by atoms with van der Waals surface area (Å²) in [5.74, 6) is 1.56. The van der Waals surface area contributed by atoms with Crippen molar-refractivity contribution in [3.63, 3.8) is 0 Å². The normalized spacial score (nSPS) is 11.0. The summed E-state index contributed by atoms with van der Waals surface area (Å²) < 4.78 is 0. The fourth-order valence-electron chi connectivity index (χ4n) is 7.66. The van der Waals surface area contributed by atoms with Gasteiger partial charge in [-0.3, -0.25) is 0 Å². The number of allylic oxidation sites excluding steroid dienone is 1. The van der Waals surface area contributed by atoms with Gasteiger partial charge in [-0.25, -0.2) is 0 Å². The van der Waals surface area contributed by atoms with Crippen LogP contribution in [0.4, 0.5) is 0 Å². The van der Waals surface area contributed by atoms with Gasteiger partial charge in [-0.15, -0.1) is 0 Å². The average molecular weight is 761 g/mol. The highest BCUT2D eigenvalue weighted by Crippen LogP contribution is 2.36. The lowest BCUT2D eigenvalue weighted by atomic mass is 9.93. The van der Waals surface area contributed by atoms with Crippen molar-refractivity contribution < 1.29 is 5.11 Å². The molecule has 0 aromatic heterocycles. The van der Waals surface area contributed by atoms with Crippen LogP contribution in [-0.2, 0) is 6.42 Å². The summed E-state index contributed by atoms with van der Waals surface area (Å²) >= 11 is 0. The highest BCUT2D eigenvalue weighted by atomic mass is 16.3. The van der Waals surface area contributed by atoms with Gasteiger partial charge in [-0.2, -0.15) is 0 Å². The maximum atomic E-state index is 9.37. The molecule has 0 saturated heterocycles. The van der Waals surface area contributed by atoms with Crippen molar-refractivity contribution >= 4 is 59.9 Å². The van der Waals surface area contributed by atoms with Crippen molar-refractivity contribution in [3.8, 4) is 5.75 Å². The maximum absolute atomic E-state index is 9.37. The van der Waals surface area contributed by atoms with Gasteiger partial charge in [0.25, 0.3) is 0 Å². The summed E-state index contributed by atoms with van der Waals surface area (Å²) in [7, 11) is 0. The van der Waals surface area contributed by atoms with Crippen LogP contribution in [0.3, 0.4) is 0 Å². The van der Waals surface area contributed by atoms with E-state index in [-0.39, 0.29) is 0 Å². The van der Waals surface area contributed by atoms with E-state index < -0.39 is 0 Å². The molecule has 9 aromatic carbocycles. The molecule has 1 nitrogen and oxygen atoms in total. The van der Waals surface area contributed by atoms with Crippen molar-refractivity contribution in [3.05, 3.63) is 204 Å². The van der Waals surface area contributed by atoms with Crippen molar-refractivity contribution in [2.45, 2.75) is 73.6 Å². The van der Waals surface area contributed by atoms with Gasteiger partial charge in [-0.05, 0) is 95.1 Å². The first-order valence-electron chi connectivity index (χ1n) is 21.1. The van der Waals surface area contributed by atoms with Crippen LogP contribution in [0.25, 0.3) is 59.9 Å². The summed E-state index contributed by atoms with van der Waals surface area (Å²) in [6, 6.07) is 60.9. The summed E-state index contributed by atoms with van der Waals surface area (Å²) in [6.45, 7) is 17.0. The fourth-order valence-corrected chi connectivity index (χ4v) is 7.66. The molecule has 0 spiro atoms. The lowest BCUT2D eigenvalue weighted by Crippen LogP contribution is -1.88. The predicted molar refractivity (Wildman–Crippen MR) is 259 cm³/mol. The first-order chi connectivity index (χ1) is 28.4. The van der Waals surface area contributed by atoms with Crippen molar-refractivity contribution in [2.75, 3.05) is 0 Å². The zero-order chi connectivity index (χ0) is 41.4. The lowest BCUT2D eigenvalue weighted by molar-refractivity contribution is 0.481. The number of fused-ring (bicyclic) bond motifs is 9. The third-order valence-corrected chi connectivity index (χ3v) is 10.3. The van der Waals surface area contributed by atoms with Gasteiger partial charge in [0, 0.05) is 5.39 Å². The molecule has 0 fully saturated rings. The zero-order valence-corrected chi connectivity index (χ0v) is 35.7. The van der Waals surface area contributed by atoms with Crippen LogP contribution in [0.2, 0.25) is 0 Å². The van der Waals surface area contributed by atoms with Crippen LogP contribution in [0.15, 0.2) is 182 Å². The van der Waals surface area contributed by atoms with E-state index in [0.29, 0.717) is 17.6 Å². The smallest absolute Gasteiger partial charge is 0.123 e. The molecule has 0 radical (unpaired) electrons. The molecule has 0 heterocycles. The van der Waals surface area contributed by atoms with Gasteiger partial charge >= 0.3 is 0 Å². The van der Waals surface area contributed by atoms with Crippen molar-refractivity contribution in [1.82, 2.24) is 0 Å². The molecule has 0 amide bonds. The number of benzene rings is 9. The van der Waals surface area contributed by atoms with Crippen molar-refractivity contribution in [2.24, 2.45) is 0 Å². The molecule has 0 atom stereocenters. The first kappa shape index (κ1) is 43.0. The Morgan fingerprint density at radius 2 is 0.707 bits per heavy atom. The first-order valence-corrected chi connectivity index (χ1v) is 21.1. The summed E-state index contributed by atoms with van der Waals surface area (Å²) in [5, 5.41) is 22.4. The third kappa shape index (κ3) is 10.0. The van der Waals surface area contributed by atoms with E-state index in [2.05, 4.69) is 173 Å². The fraction of sp³-hybridized carbons (Fsp3) is 0.193. The van der Waals surface area contributed by atoms with Gasteiger partial charge in [0.15, 0.2) is 0 Å². The molecular weight excluding hydrogens is 701 g/mol. The van der Waals surface area contributed by atoms with E-state index in [9.17, 15) is 5.11 Å². The SMILES string of the molecule is C1=Cc2c(c3ccccc3c3ccccc23)C1.CC.CC.CC(C)c1cccc2ccccc12.CC(C)c1cccc2ccccc12.Oc1cccc2ccccc12. The third-order valence-electron chi connectivity index (χ3n) is 10.3. The molecule has 9 aromatic rings. The maximum Gasteiger partial charge on any atom is 0.123 e. The molecule has 1 aliphatic carbocycles. The molecule has 1 N–H and O–H groups in total. The van der Waals surface area contributed by atoms with Gasteiger partial charge in [0.1, 0.15) is 5.75 Å². The number of hydrogen-bond acceptors (Lipinski definition) is 1. The molecule has 1 aliphatic rings. The van der Waals surface area contributed by atoms with Crippen molar-refractivity contribution in [1.29, 1.82) is 0 Å². The van der Waals surface area contributed by atoms with Gasteiger partial charge < -0.3 is 5.11 Å². The Bertz CT molecular complexity index is 2610. The van der Waals surface area contributed by atoms with Crippen LogP contribution >= 0.6 is 0 Å². The highest BCUT2D eigenvalue weighted by Gasteiger charge is 2.14. The average Bonchev–Trinajstić information content (AvgIpc) is 3.79. The van der Waals surface area contributed by atoms with E-state index in [1.807, 2.05) is 64.1 Å². The second kappa shape index (κ2) is 21.4. The van der Waals surface area contributed by atoms with Crippen LogP contribution in [-0.4, -0.2) is 5.11 Å². The lowest BCUT2D eigenvalue weighted by Gasteiger charge is -2.10. The van der Waals surface area contributed by atoms with Gasteiger partial charge in [0.2, 0.25) is 0 Å². The van der Waals surface area contributed by atoms with E-state index in [1.165, 1.54) is 65.3 Å². The Labute approximate surface area is 347 Å². The van der Waals surface area contributed by atoms with E-state index in [0.717, 1.165) is 17.2 Å². The summed E-state index contributed by atoms with van der Waals surface area (Å²) in [6.07, 6.45) is 5.61. The Morgan fingerprint density at radius 1 is 0.362 bits per heavy atom. The summed E-state index contributed by atoms with van der Waals surface area (Å²) in [4.78, 5) is 0. The van der Waals surface area contributed by atoms with Gasteiger partial charge in [0.05, 0.1) is 0 Å². The van der Waals surface area contributed by atoms with Crippen LogP contribution in [0.1, 0.15) is 89.5 Å².